The number of nitrogens with zero attached hydrogens (tertiary/aromatic N) is 3. The van der Waals surface area contributed by atoms with Crippen LogP contribution in [0.2, 0.25) is 5.02 Å². The maximum Gasteiger partial charge on any atom is 0.325 e. The van der Waals surface area contributed by atoms with Gasteiger partial charge >= 0.3 is 5.97 Å². The Morgan fingerprint density at radius 2 is 1.94 bits per heavy atom. The lowest BCUT2D eigenvalue weighted by atomic mass is 10.1. The highest BCUT2D eigenvalue weighted by atomic mass is 35.5. The average Bonchev–Trinajstić information content (AvgIpc) is 3.30. The molecule has 0 amide bonds. The minimum Gasteiger partial charge on any atom is -0.426 e. The fraction of sp³-hybridized carbons (Fsp3) is 0.346. The zero-order valence-electron chi connectivity index (χ0n) is 19.3. The molecule has 0 spiro atoms. The molecule has 0 bridgehead atoms. The highest BCUT2D eigenvalue weighted by Gasteiger charge is 2.23. The number of rotatable bonds is 7. The first-order valence-electron chi connectivity index (χ1n) is 11.9. The minimum absolute atomic E-state index is 0.0411. The van der Waals surface area contributed by atoms with Crippen LogP contribution in [0.15, 0.2) is 48.8 Å². The van der Waals surface area contributed by atoms with Crippen molar-refractivity contribution < 1.29 is 13.9 Å². The molecule has 1 saturated heterocycles. The molecule has 1 aliphatic heterocycles. The molecule has 2 heterocycles. The van der Waals surface area contributed by atoms with Crippen molar-refractivity contribution in [3.05, 3.63) is 70.8 Å². The monoisotopic (exact) mass is 495 g/mol. The number of esters is 1. The second-order valence-electron chi connectivity index (χ2n) is 9.02. The predicted octanol–water partition coefficient (Wildman–Crippen LogP) is 4.98. The van der Waals surface area contributed by atoms with E-state index in [0.717, 1.165) is 32.2 Å². The highest BCUT2D eigenvalue weighted by molar-refractivity contribution is 6.31. The lowest BCUT2D eigenvalue weighted by Crippen LogP contribution is -2.45. The normalized spacial score (nSPS) is 17.6. The van der Waals surface area contributed by atoms with Crippen molar-refractivity contribution in [1.29, 1.82) is 0 Å². The topological polar surface area (TPSA) is 79.4 Å². The largest absolute Gasteiger partial charge is 0.426 e. The van der Waals surface area contributed by atoms with Crippen molar-refractivity contribution in [1.82, 2.24) is 14.9 Å². The number of nitrogens with one attached hydrogen (secondary N) is 2. The van der Waals surface area contributed by atoms with E-state index in [4.69, 9.17) is 16.3 Å². The molecule has 2 aliphatic rings. The maximum absolute atomic E-state index is 13.4. The molecule has 3 aromatic rings. The van der Waals surface area contributed by atoms with Crippen LogP contribution >= 0.6 is 11.6 Å². The number of aromatic nitrogens is 2. The van der Waals surface area contributed by atoms with Gasteiger partial charge in [0.15, 0.2) is 0 Å². The minimum atomic E-state index is -0.472. The summed E-state index contributed by atoms with van der Waals surface area (Å²) in [5, 5.41) is 6.59. The van der Waals surface area contributed by atoms with E-state index in [1.165, 1.54) is 36.0 Å². The van der Waals surface area contributed by atoms with Crippen molar-refractivity contribution >= 4 is 34.9 Å². The summed E-state index contributed by atoms with van der Waals surface area (Å²) in [4.78, 5) is 23.2. The maximum atomic E-state index is 13.4. The van der Waals surface area contributed by atoms with Crippen LogP contribution in [0.25, 0.3) is 0 Å². The number of halogens is 2. The Labute approximate surface area is 208 Å². The molecule has 1 unspecified atom stereocenters. The van der Waals surface area contributed by atoms with Gasteiger partial charge in [-0.3, -0.25) is 9.69 Å². The van der Waals surface area contributed by atoms with E-state index in [9.17, 15) is 9.18 Å². The Balaban J connectivity index is 1.15. The molecule has 1 atom stereocenters. The van der Waals surface area contributed by atoms with Crippen molar-refractivity contribution in [2.24, 2.45) is 0 Å². The summed E-state index contributed by atoms with van der Waals surface area (Å²) in [7, 11) is 0. The standard InChI is InChI=1S/C26H27ClFN5O2/c27-22-12-19(7-9-23(22)28)31-24-13-25(30-16-29-24)32-20-5-2-10-33(14-20)15-26(34)35-21-8-6-17-3-1-4-18(17)11-21/h6-9,11-13,16,20H,1-5,10,14-15H2,(H2,29,30,31,32). The van der Waals surface area contributed by atoms with E-state index < -0.39 is 5.82 Å². The number of carbonyl (C=O) groups is 1. The van der Waals surface area contributed by atoms with Crippen molar-refractivity contribution in [3.63, 3.8) is 0 Å². The average molecular weight is 496 g/mol. The van der Waals surface area contributed by atoms with E-state index in [-0.39, 0.29) is 23.6 Å². The molecule has 1 fully saturated rings. The lowest BCUT2D eigenvalue weighted by molar-refractivity contribution is -0.135. The number of anilines is 3. The number of hydrogen-bond acceptors (Lipinski definition) is 7. The fourth-order valence-corrected chi connectivity index (χ4v) is 4.89. The van der Waals surface area contributed by atoms with Gasteiger partial charge in [-0.05, 0) is 80.1 Å². The van der Waals surface area contributed by atoms with Gasteiger partial charge in [-0.2, -0.15) is 0 Å². The van der Waals surface area contributed by atoms with E-state index in [2.05, 4.69) is 31.6 Å². The van der Waals surface area contributed by atoms with Crippen LogP contribution in [-0.4, -0.2) is 46.5 Å². The molecule has 7 nitrogen and oxygen atoms in total. The van der Waals surface area contributed by atoms with Gasteiger partial charge in [0.2, 0.25) is 0 Å². The number of piperidine rings is 1. The summed E-state index contributed by atoms with van der Waals surface area (Å²) < 4.78 is 19.0. The number of fused-ring (bicyclic) bond motifs is 1. The Morgan fingerprint density at radius 1 is 1.09 bits per heavy atom. The molecule has 0 radical (unpaired) electrons. The summed E-state index contributed by atoms with van der Waals surface area (Å²) in [5.41, 5.74) is 3.28. The highest BCUT2D eigenvalue weighted by Crippen LogP contribution is 2.26. The van der Waals surface area contributed by atoms with E-state index in [1.54, 1.807) is 12.1 Å². The molecule has 2 N–H and O–H groups in total. The van der Waals surface area contributed by atoms with Gasteiger partial charge in [-0.1, -0.05) is 17.7 Å². The van der Waals surface area contributed by atoms with Gasteiger partial charge in [0.25, 0.3) is 0 Å². The van der Waals surface area contributed by atoms with Crippen LogP contribution in [-0.2, 0) is 17.6 Å². The summed E-state index contributed by atoms with van der Waals surface area (Å²) in [6.45, 7) is 1.80. The van der Waals surface area contributed by atoms with Gasteiger partial charge in [-0.25, -0.2) is 14.4 Å². The number of hydrogen-bond donors (Lipinski definition) is 2. The first-order valence-corrected chi connectivity index (χ1v) is 12.2. The molecule has 2 aromatic carbocycles. The molecular formula is C26H27ClFN5O2. The third-order valence-electron chi connectivity index (χ3n) is 6.37. The third-order valence-corrected chi connectivity index (χ3v) is 6.66. The van der Waals surface area contributed by atoms with Crippen molar-refractivity contribution in [2.75, 3.05) is 30.3 Å². The Morgan fingerprint density at radius 3 is 2.83 bits per heavy atom. The third kappa shape index (κ3) is 6.07. The number of aryl methyl sites for hydroxylation is 2. The quantitative estimate of drug-likeness (QED) is 0.353. The Kier molecular flexibility index (Phi) is 7.11. The van der Waals surface area contributed by atoms with Crippen LogP contribution in [0.1, 0.15) is 30.4 Å². The predicted molar refractivity (Wildman–Crippen MR) is 134 cm³/mol. The van der Waals surface area contributed by atoms with Crippen LogP contribution in [0, 0.1) is 5.82 Å². The van der Waals surface area contributed by atoms with Gasteiger partial charge < -0.3 is 15.4 Å². The number of benzene rings is 2. The Hall–Kier alpha value is -3.23. The summed E-state index contributed by atoms with van der Waals surface area (Å²) >= 11 is 5.86. The molecule has 1 aliphatic carbocycles. The first-order chi connectivity index (χ1) is 17.0. The zero-order valence-corrected chi connectivity index (χ0v) is 20.0. The van der Waals surface area contributed by atoms with Crippen LogP contribution < -0.4 is 15.4 Å². The molecular weight excluding hydrogens is 469 g/mol. The van der Waals surface area contributed by atoms with Crippen LogP contribution in [0.5, 0.6) is 5.75 Å². The smallest absolute Gasteiger partial charge is 0.325 e. The first kappa shape index (κ1) is 23.5. The fourth-order valence-electron chi connectivity index (χ4n) is 4.71. The van der Waals surface area contributed by atoms with Crippen LogP contribution in [0.3, 0.4) is 0 Å². The summed E-state index contributed by atoms with van der Waals surface area (Å²) in [5.74, 6) is 1.15. The second kappa shape index (κ2) is 10.6. The number of ether oxygens (including phenoxy) is 1. The lowest BCUT2D eigenvalue weighted by Gasteiger charge is -2.32. The van der Waals surface area contributed by atoms with Crippen molar-refractivity contribution in [2.45, 2.75) is 38.1 Å². The summed E-state index contributed by atoms with van der Waals surface area (Å²) in [6, 6.07) is 12.3. The van der Waals surface area contributed by atoms with Gasteiger partial charge in [0, 0.05) is 24.3 Å². The molecule has 182 valence electrons. The van der Waals surface area contributed by atoms with E-state index >= 15 is 0 Å². The zero-order chi connectivity index (χ0) is 24.2. The van der Waals surface area contributed by atoms with Crippen molar-refractivity contribution in [3.8, 4) is 5.75 Å². The second-order valence-corrected chi connectivity index (χ2v) is 9.43. The van der Waals surface area contributed by atoms with Gasteiger partial charge in [0.05, 0.1) is 11.6 Å². The molecule has 9 heteroatoms. The number of likely N-dealkylation sites (tertiary alicyclic amines) is 1. The molecule has 35 heavy (non-hydrogen) atoms. The van der Waals surface area contributed by atoms with Gasteiger partial charge in [-0.15, -0.1) is 0 Å². The molecule has 1 aromatic heterocycles. The van der Waals surface area contributed by atoms with Crippen LogP contribution in [0.4, 0.5) is 21.7 Å². The van der Waals surface area contributed by atoms with E-state index in [0.29, 0.717) is 29.6 Å². The Bertz CT molecular complexity index is 1220. The van der Waals surface area contributed by atoms with Gasteiger partial charge in [0.1, 0.15) is 29.5 Å². The summed E-state index contributed by atoms with van der Waals surface area (Å²) in [6.07, 6.45) is 6.73. The molecule has 0 saturated carbocycles. The van der Waals surface area contributed by atoms with E-state index in [1.807, 2.05) is 12.1 Å². The SMILES string of the molecule is O=C(CN1CCCC(Nc2cc(Nc3ccc(F)c(Cl)c3)ncn2)C1)Oc1ccc2c(c1)CCC2. The number of carbonyl (C=O) groups excluding carboxylic acids is 1. The molecule has 5 rings (SSSR count).